The number of aromatic nitrogens is 1. The summed E-state index contributed by atoms with van der Waals surface area (Å²) in [6.45, 7) is 2.93. The molecule has 2 heterocycles. The number of rotatable bonds is 6. The van der Waals surface area contributed by atoms with E-state index in [1.54, 1.807) is 22.9 Å². The Morgan fingerprint density at radius 2 is 1.81 bits per heavy atom. The monoisotopic (exact) mass is 417 g/mol. The van der Waals surface area contributed by atoms with Gasteiger partial charge in [0.2, 0.25) is 11.8 Å². The molecular formula is C25H27N3O3. The summed E-state index contributed by atoms with van der Waals surface area (Å²) in [7, 11) is 1.80. The molecule has 0 unspecified atom stereocenters. The largest absolute Gasteiger partial charge is 0.361 e. The number of nitrogens with zero attached hydrogens (tertiary/aromatic N) is 3. The van der Waals surface area contributed by atoms with Crippen molar-refractivity contribution in [1.29, 1.82) is 0 Å². The van der Waals surface area contributed by atoms with Crippen molar-refractivity contribution in [2.24, 2.45) is 0 Å². The molecule has 0 N–H and O–H groups in total. The number of hydrogen-bond donors (Lipinski definition) is 0. The number of benzene rings is 2. The summed E-state index contributed by atoms with van der Waals surface area (Å²) < 4.78 is 5.17. The molecule has 1 aromatic heterocycles. The van der Waals surface area contributed by atoms with Crippen molar-refractivity contribution in [1.82, 2.24) is 15.0 Å². The van der Waals surface area contributed by atoms with Gasteiger partial charge in [-0.3, -0.25) is 9.59 Å². The predicted molar refractivity (Wildman–Crippen MR) is 118 cm³/mol. The van der Waals surface area contributed by atoms with Gasteiger partial charge in [0, 0.05) is 26.2 Å². The molecule has 160 valence electrons. The van der Waals surface area contributed by atoms with E-state index < -0.39 is 6.04 Å². The highest BCUT2D eigenvalue weighted by atomic mass is 16.5. The maximum Gasteiger partial charge on any atom is 0.245 e. The first-order chi connectivity index (χ1) is 15.0. The minimum Gasteiger partial charge on any atom is -0.361 e. The minimum absolute atomic E-state index is 0.0215. The van der Waals surface area contributed by atoms with Gasteiger partial charge in [-0.05, 0) is 36.5 Å². The van der Waals surface area contributed by atoms with Gasteiger partial charge in [-0.1, -0.05) is 59.8 Å². The number of carbonyl (C=O) groups excluding carboxylic acids is 2. The molecule has 0 bridgehead atoms. The summed E-state index contributed by atoms with van der Waals surface area (Å²) >= 11 is 0. The predicted octanol–water partition coefficient (Wildman–Crippen LogP) is 3.84. The molecule has 0 radical (unpaired) electrons. The third kappa shape index (κ3) is 4.85. The molecule has 0 spiro atoms. The SMILES string of the molecule is Cc1cc(CC(=O)N2CCC[C@H]2C(=O)N(C)Cc2ccc(-c3ccccc3)cc2)on1. The molecule has 2 aromatic carbocycles. The van der Waals surface area contributed by atoms with Crippen LogP contribution in [0.1, 0.15) is 29.9 Å². The quantitative estimate of drug-likeness (QED) is 0.611. The average Bonchev–Trinajstić information content (AvgIpc) is 3.43. The molecular weight excluding hydrogens is 390 g/mol. The average molecular weight is 418 g/mol. The highest BCUT2D eigenvalue weighted by Gasteiger charge is 2.35. The zero-order chi connectivity index (χ0) is 21.8. The van der Waals surface area contributed by atoms with Gasteiger partial charge in [0.25, 0.3) is 0 Å². The maximum absolute atomic E-state index is 13.1. The second-order valence-corrected chi connectivity index (χ2v) is 8.11. The van der Waals surface area contributed by atoms with Gasteiger partial charge in [0.05, 0.1) is 12.1 Å². The lowest BCUT2D eigenvalue weighted by Gasteiger charge is -2.28. The van der Waals surface area contributed by atoms with Crippen molar-refractivity contribution in [3.8, 4) is 11.1 Å². The Morgan fingerprint density at radius 1 is 1.10 bits per heavy atom. The third-order valence-corrected chi connectivity index (χ3v) is 5.72. The summed E-state index contributed by atoms with van der Waals surface area (Å²) in [5.74, 6) is 0.423. The van der Waals surface area contributed by atoms with Gasteiger partial charge in [-0.25, -0.2) is 0 Å². The lowest BCUT2D eigenvalue weighted by atomic mass is 10.0. The Labute approximate surface area is 182 Å². The van der Waals surface area contributed by atoms with Crippen LogP contribution in [0, 0.1) is 6.92 Å². The second-order valence-electron chi connectivity index (χ2n) is 8.11. The Kier molecular flexibility index (Phi) is 6.16. The molecule has 0 aliphatic carbocycles. The first-order valence-corrected chi connectivity index (χ1v) is 10.6. The van der Waals surface area contributed by atoms with Crippen LogP contribution in [0.25, 0.3) is 11.1 Å². The summed E-state index contributed by atoms with van der Waals surface area (Å²) in [6, 6.07) is 19.8. The molecule has 1 atom stereocenters. The Bertz CT molecular complexity index is 1040. The normalized spacial score (nSPS) is 15.8. The maximum atomic E-state index is 13.1. The fourth-order valence-corrected chi connectivity index (χ4v) is 4.11. The van der Waals surface area contributed by atoms with Gasteiger partial charge in [0.15, 0.2) is 0 Å². The van der Waals surface area contributed by atoms with Crippen molar-refractivity contribution < 1.29 is 14.1 Å². The molecule has 6 nitrogen and oxygen atoms in total. The highest BCUT2D eigenvalue weighted by Crippen LogP contribution is 2.23. The number of aryl methyl sites for hydroxylation is 1. The first-order valence-electron chi connectivity index (χ1n) is 10.6. The Hall–Kier alpha value is -3.41. The molecule has 3 aromatic rings. The molecule has 1 saturated heterocycles. The summed E-state index contributed by atoms with van der Waals surface area (Å²) in [4.78, 5) is 29.3. The summed E-state index contributed by atoms with van der Waals surface area (Å²) in [5, 5.41) is 3.83. The van der Waals surface area contributed by atoms with Crippen LogP contribution in [0.3, 0.4) is 0 Å². The fourth-order valence-electron chi connectivity index (χ4n) is 4.11. The van der Waals surface area contributed by atoms with Crippen LogP contribution in [-0.2, 0) is 22.6 Å². The van der Waals surface area contributed by atoms with Crippen molar-refractivity contribution in [3.05, 3.63) is 77.7 Å². The van der Waals surface area contributed by atoms with E-state index in [0.29, 0.717) is 25.3 Å². The van der Waals surface area contributed by atoms with E-state index in [9.17, 15) is 9.59 Å². The molecule has 6 heteroatoms. The Morgan fingerprint density at radius 3 is 2.48 bits per heavy atom. The molecule has 1 aliphatic rings. The van der Waals surface area contributed by atoms with Crippen LogP contribution in [0.2, 0.25) is 0 Å². The lowest BCUT2D eigenvalue weighted by Crippen LogP contribution is -2.46. The van der Waals surface area contributed by atoms with E-state index in [0.717, 1.165) is 23.2 Å². The van der Waals surface area contributed by atoms with Crippen LogP contribution in [0.5, 0.6) is 0 Å². The van der Waals surface area contributed by atoms with E-state index >= 15 is 0 Å². The fraction of sp³-hybridized carbons (Fsp3) is 0.320. The van der Waals surface area contributed by atoms with Crippen molar-refractivity contribution in [3.63, 3.8) is 0 Å². The molecule has 1 fully saturated rings. The van der Waals surface area contributed by atoms with Crippen LogP contribution in [0.15, 0.2) is 65.2 Å². The van der Waals surface area contributed by atoms with Crippen LogP contribution in [0.4, 0.5) is 0 Å². The van der Waals surface area contributed by atoms with Gasteiger partial charge >= 0.3 is 0 Å². The van der Waals surface area contributed by atoms with E-state index in [2.05, 4.69) is 41.6 Å². The number of carbonyl (C=O) groups is 2. The highest BCUT2D eigenvalue weighted by molar-refractivity contribution is 5.88. The number of likely N-dealkylation sites (N-methyl/N-ethyl adjacent to an activating group) is 1. The molecule has 31 heavy (non-hydrogen) atoms. The van der Waals surface area contributed by atoms with Crippen molar-refractivity contribution >= 4 is 11.8 Å². The summed E-state index contributed by atoms with van der Waals surface area (Å²) in [6.07, 6.45) is 1.66. The van der Waals surface area contributed by atoms with Gasteiger partial charge < -0.3 is 14.3 Å². The van der Waals surface area contributed by atoms with E-state index in [1.807, 2.05) is 25.1 Å². The van der Waals surface area contributed by atoms with Crippen LogP contribution < -0.4 is 0 Å². The number of hydrogen-bond acceptors (Lipinski definition) is 4. The number of likely N-dealkylation sites (tertiary alicyclic amines) is 1. The molecule has 4 rings (SSSR count). The standard InChI is InChI=1S/C25H27N3O3/c1-18-15-22(31-26-18)16-24(29)28-14-6-9-23(28)25(30)27(2)17-19-10-12-21(13-11-19)20-7-4-3-5-8-20/h3-5,7-8,10-13,15,23H,6,9,14,16-17H2,1-2H3/t23-/m0/s1. The first kappa shape index (κ1) is 20.8. The van der Waals surface area contributed by atoms with Crippen molar-refractivity contribution in [2.45, 2.75) is 38.8 Å². The van der Waals surface area contributed by atoms with Crippen molar-refractivity contribution in [2.75, 3.05) is 13.6 Å². The zero-order valence-electron chi connectivity index (χ0n) is 18.0. The van der Waals surface area contributed by atoms with Gasteiger partial charge in [0.1, 0.15) is 11.8 Å². The number of amides is 2. The molecule has 1 aliphatic heterocycles. The Balaban J connectivity index is 1.38. The van der Waals surface area contributed by atoms with Gasteiger partial charge in [-0.2, -0.15) is 0 Å². The second kappa shape index (κ2) is 9.16. The minimum atomic E-state index is -0.412. The van der Waals surface area contributed by atoms with E-state index in [-0.39, 0.29) is 18.2 Å². The van der Waals surface area contributed by atoms with Gasteiger partial charge in [-0.15, -0.1) is 0 Å². The molecule has 2 amide bonds. The van der Waals surface area contributed by atoms with Crippen LogP contribution >= 0.6 is 0 Å². The third-order valence-electron chi connectivity index (χ3n) is 5.72. The smallest absolute Gasteiger partial charge is 0.245 e. The molecule has 0 saturated carbocycles. The van der Waals surface area contributed by atoms with E-state index in [1.165, 1.54) is 5.56 Å². The topological polar surface area (TPSA) is 66.7 Å². The van der Waals surface area contributed by atoms with Crippen LogP contribution in [-0.4, -0.2) is 46.4 Å². The summed E-state index contributed by atoms with van der Waals surface area (Å²) in [5.41, 5.74) is 4.12. The zero-order valence-corrected chi connectivity index (χ0v) is 18.0. The lowest BCUT2D eigenvalue weighted by molar-refractivity contribution is -0.143. The van der Waals surface area contributed by atoms with E-state index in [4.69, 9.17) is 4.52 Å².